The number of rotatable bonds is 4. The molecule has 108 valence electrons. The second-order valence-electron chi connectivity index (χ2n) is 3.94. The highest BCUT2D eigenvalue weighted by Crippen LogP contribution is 2.28. The van der Waals surface area contributed by atoms with Crippen molar-refractivity contribution < 1.29 is 14.5 Å². The van der Waals surface area contributed by atoms with Gasteiger partial charge in [-0.1, -0.05) is 6.07 Å². The highest BCUT2D eigenvalue weighted by Gasteiger charge is 2.19. The zero-order valence-electron chi connectivity index (χ0n) is 10.9. The Morgan fingerprint density at radius 3 is 2.71 bits per heavy atom. The largest absolute Gasteiger partial charge is 0.481 e. The highest BCUT2D eigenvalue weighted by molar-refractivity contribution is 9.10. The summed E-state index contributed by atoms with van der Waals surface area (Å²) in [6.07, 6.45) is 1.43. The number of methoxy groups -OCH3 is 1. The second-order valence-corrected chi connectivity index (χ2v) is 4.73. The van der Waals surface area contributed by atoms with Crippen molar-refractivity contribution in [3.63, 3.8) is 0 Å². The molecule has 1 aromatic carbocycles. The van der Waals surface area contributed by atoms with E-state index in [4.69, 9.17) is 4.74 Å². The van der Waals surface area contributed by atoms with Gasteiger partial charge in [-0.05, 0) is 28.1 Å². The Kier molecular flexibility index (Phi) is 4.49. The number of nitro groups is 1. The molecule has 0 unspecified atom stereocenters. The number of carbonyl (C=O) groups excluding carboxylic acids is 1. The number of carbonyl (C=O) groups is 1. The molecular weight excluding hydrogens is 342 g/mol. The van der Waals surface area contributed by atoms with Crippen LogP contribution in [-0.2, 0) is 0 Å². The summed E-state index contributed by atoms with van der Waals surface area (Å²) in [4.78, 5) is 26.4. The van der Waals surface area contributed by atoms with Crippen molar-refractivity contribution in [3.05, 3.63) is 56.7 Å². The van der Waals surface area contributed by atoms with Gasteiger partial charge in [0, 0.05) is 12.1 Å². The minimum Gasteiger partial charge on any atom is -0.481 e. The van der Waals surface area contributed by atoms with Gasteiger partial charge in [-0.2, -0.15) is 0 Å². The van der Waals surface area contributed by atoms with Crippen LogP contribution < -0.4 is 10.1 Å². The number of hydrogen-bond donors (Lipinski definition) is 1. The maximum Gasteiger partial charge on any atom is 0.284 e. The number of amides is 1. The summed E-state index contributed by atoms with van der Waals surface area (Å²) in [6.45, 7) is 0. The molecule has 1 heterocycles. The number of pyridine rings is 1. The van der Waals surface area contributed by atoms with Crippen LogP contribution >= 0.6 is 15.9 Å². The third kappa shape index (κ3) is 3.34. The number of hydrogen-bond acceptors (Lipinski definition) is 5. The lowest BCUT2D eigenvalue weighted by Crippen LogP contribution is -2.13. The average molecular weight is 352 g/mol. The van der Waals surface area contributed by atoms with Crippen LogP contribution in [0.4, 0.5) is 11.4 Å². The standard InChI is InChI=1S/C13H10BrN3O4/c1-21-11-6-5-8(7-15-11)16-13(18)9-3-2-4-10(12(9)14)17(19)20/h2-7H,1H3,(H,16,18). The molecule has 0 aliphatic carbocycles. The minimum absolute atomic E-state index is 0.133. The molecule has 8 heteroatoms. The Hall–Kier alpha value is -2.48. The zero-order chi connectivity index (χ0) is 15.4. The molecule has 21 heavy (non-hydrogen) atoms. The topological polar surface area (TPSA) is 94.4 Å². The molecular formula is C13H10BrN3O4. The van der Waals surface area contributed by atoms with Crippen LogP contribution in [0.1, 0.15) is 10.4 Å². The summed E-state index contributed by atoms with van der Waals surface area (Å²) in [5.74, 6) is -0.0536. The summed E-state index contributed by atoms with van der Waals surface area (Å²) in [5.41, 5.74) is 0.453. The predicted molar refractivity (Wildman–Crippen MR) is 79.5 cm³/mol. The molecule has 0 saturated heterocycles. The third-order valence-corrected chi connectivity index (χ3v) is 3.46. The molecule has 0 spiro atoms. The van der Waals surface area contributed by atoms with Gasteiger partial charge in [0.05, 0.1) is 29.5 Å². The van der Waals surface area contributed by atoms with E-state index in [-0.39, 0.29) is 15.7 Å². The van der Waals surface area contributed by atoms with Gasteiger partial charge in [0.15, 0.2) is 0 Å². The Labute approximate surface area is 128 Å². The first kappa shape index (κ1) is 14.9. The van der Waals surface area contributed by atoms with Gasteiger partial charge in [-0.3, -0.25) is 14.9 Å². The number of nitrogens with one attached hydrogen (secondary N) is 1. The molecule has 0 radical (unpaired) electrons. The maximum atomic E-state index is 12.1. The number of nitrogens with zero attached hydrogens (tertiary/aromatic N) is 2. The van der Waals surface area contributed by atoms with Crippen LogP contribution in [0.25, 0.3) is 0 Å². The van der Waals surface area contributed by atoms with E-state index in [0.717, 1.165) is 0 Å². The molecule has 0 aliphatic heterocycles. The van der Waals surface area contributed by atoms with E-state index in [1.165, 1.54) is 31.5 Å². The summed E-state index contributed by atoms with van der Waals surface area (Å²) >= 11 is 3.08. The summed E-state index contributed by atoms with van der Waals surface area (Å²) in [7, 11) is 1.49. The zero-order valence-corrected chi connectivity index (χ0v) is 12.5. The van der Waals surface area contributed by atoms with Crippen LogP contribution in [-0.4, -0.2) is 22.9 Å². The molecule has 1 amide bonds. The van der Waals surface area contributed by atoms with Crippen molar-refractivity contribution >= 4 is 33.2 Å². The van der Waals surface area contributed by atoms with Gasteiger partial charge in [0.2, 0.25) is 5.88 Å². The smallest absolute Gasteiger partial charge is 0.284 e. The number of halogens is 1. The lowest BCUT2D eigenvalue weighted by molar-refractivity contribution is -0.385. The molecule has 0 fully saturated rings. The van der Waals surface area contributed by atoms with Crippen LogP contribution in [0.3, 0.4) is 0 Å². The third-order valence-electron chi connectivity index (χ3n) is 2.62. The number of benzene rings is 1. The first-order chi connectivity index (χ1) is 10.0. The maximum absolute atomic E-state index is 12.1. The minimum atomic E-state index is -0.560. The first-order valence-corrected chi connectivity index (χ1v) is 6.56. The molecule has 2 rings (SSSR count). The van der Waals surface area contributed by atoms with Crippen molar-refractivity contribution in [1.29, 1.82) is 0 Å². The Bertz CT molecular complexity index is 688. The van der Waals surface area contributed by atoms with Gasteiger partial charge >= 0.3 is 0 Å². The van der Waals surface area contributed by atoms with Gasteiger partial charge < -0.3 is 10.1 Å². The van der Waals surface area contributed by atoms with E-state index in [1.54, 1.807) is 12.1 Å². The molecule has 1 N–H and O–H groups in total. The fraction of sp³-hybridized carbons (Fsp3) is 0.0769. The predicted octanol–water partition coefficient (Wildman–Crippen LogP) is 3.01. The number of anilines is 1. The van der Waals surface area contributed by atoms with Gasteiger partial charge in [-0.15, -0.1) is 0 Å². The summed E-state index contributed by atoms with van der Waals surface area (Å²) in [6, 6.07) is 7.47. The first-order valence-electron chi connectivity index (χ1n) is 5.77. The van der Waals surface area contributed by atoms with Crippen molar-refractivity contribution in [2.45, 2.75) is 0 Å². The van der Waals surface area contributed by atoms with Crippen LogP contribution in [0.2, 0.25) is 0 Å². The van der Waals surface area contributed by atoms with E-state index in [9.17, 15) is 14.9 Å². The van der Waals surface area contributed by atoms with Crippen molar-refractivity contribution in [1.82, 2.24) is 4.98 Å². The van der Waals surface area contributed by atoms with E-state index >= 15 is 0 Å². The Morgan fingerprint density at radius 2 is 2.14 bits per heavy atom. The van der Waals surface area contributed by atoms with E-state index < -0.39 is 10.8 Å². The van der Waals surface area contributed by atoms with Crippen molar-refractivity contribution in [2.75, 3.05) is 12.4 Å². The molecule has 0 bridgehead atoms. The second kappa shape index (κ2) is 6.31. The normalized spacial score (nSPS) is 10.0. The monoisotopic (exact) mass is 351 g/mol. The molecule has 1 aromatic heterocycles. The summed E-state index contributed by atoms with van der Waals surface area (Å²) < 4.78 is 5.05. The van der Waals surface area contributed by atoms with Gasteiger partial charge in [-0.25, -0.2) is 4.98 Å². The molecule has 2 aromatic rings. The number of aromatic nitrogens is 1. The lowest BCUT2D eigenvalue weighted by atomic mass is 10.2. The fourth-order valence-electron chi connectivity index (χ4n) is 1.61. The van der Waals surface area contributed by atoms with Crippen molar-refractivity contribution in [2.24, 2.45) is 0 Å². The molecule has 0 aliphatic rings. The molecule has 7 nitrogen and oxygen atoms in total. The fourth-order valence-corrected chi connectivity index (χ4v) is 2.20. The summed E-state index contributed by atoms with van der Waals surface area (Å²) in [5, 5.41) is 13.5. The number of nitro benzene ring substituents is 1. The molecule has 0 atom stereocenters. The van der Waals surface area contributed by atoms with E-state index in [1.807, 2.05) is 0 Å². The number of ether oxygens (including phenoxy) is 1. The average Bonchev–Trinajstić information content (AvgIpc) is 2.47. The SMILES string of the molecule is COc1ccc(NC(=O)c2cccc([N+](=O)[O-])c2Br)cn1. The van der Waals surface area contributed by atoms with Gasteiger partial charge in [0.1, 0.15) is 4.47 Å². The van der Waals surface area contributed by atoms with Crippen LogP contribution in [0, 0.1) is 10.1 Å². The van der Waals surface area contributed by atoms with E-state index in [2.05, 4.69) is 26.2 Å². The lowest BCUT2D eigenvalue weighted by Gasteiger charge is -2.07. The molecule has 0 saturated carbocycles. The van der Waals surface area contributed by atoms with Crippen LogP contribution in [0.15, 0.2) is 41.0 Å². The quantitative estimate of drug-likeness (QED) is 0.674. The highest BCUT2D eigenvalue weighted by atomic mass is 79.9. The Morgan fingerprint density at radius 1 is 1.38 bits per heavy atom. The van der Waals surface area contributed by atoms with Crippen LogP contribution in [0.5, 0.6) is 5.88 Å². The van der Waals surface area contributed by atoms with Crippen molar-refractivity contribution in [3.8, 4) is 5.88 Å². The van der Waals surface area contributed by atoms with E-state index in [0.29, 0.717) is 11.6 Å². The Balaban J connectivity index is 2.24. The van der Waals surface area contributed by atoms with Gasteiger partial charge in [0.25, 0.3) is 11.6 Å².